The van der Waals surface area contributed by atoms with Crippen molar-refractivity contribution in [3.63, 3.8) is 0 Å². The molecule has 0 unspecified atom stereocenters. The van der Waals surface area contributed by atoms with Gasteiger partial charge in [0.1, 0.15) is 0 Å². The van der Waals surface area contributed by atoms with Crippen molar-refractivity contribution in [1.82, 2.24) is 16.2 Å². The maximum atomic E-state index is 12.1. The van der Waals surface area contributed by atoms with Crippen molar-refractivity contribution in [2.45, 2.75) is 12.8 Å². The van der Waals surface area contributed by atoms with Crippen molar-refractivity contribution in [2.24, 2.45) is 0 Å². The molecule has 27 heavy (non-hydrogen) atoms. The van der Waals surface area contributed by atoms with Crippen molar-refractivity contribution in [3.05, 3.63) is 72.2 Å². The van der Waals surface area contributed by atoms with Gasteiger partial charge in [-0.05, 0) is 28.5 Å². The Morgan fingerprint density at radius 2 is 1.63 bits per heavy atom. The third-order valence-corrected chi connectivity index (χ3v) is 3.95. The van der Waals surface area contributed by atoms with Crippen LogP contribution in [0.25, 0.3) is 10.8 Å². The zero-order chi connectivity index (χ0) is 19.1. The van der Waals surface area contributed by atoms with Crippen LogP contribution in [0.1, 0.15) is 22.5 Å². The van der Waals surface area contributed by atoms with Gasteiger partial charge in [0.25, 0.3) is 5.91 Å². The molecule has 1 heterocycles. The highest BCUT2D eigenvalue weighted by molar-refractivity contribution is 5.92. The number of hydrogen-bond donors (Lipinski definition) is 3. The molecule has 0 saturated carbocycles. The standard InChI is InChI=1S/C20H19N3O4/c24-18(10-11-21-20(26)17-9-4-12-27-17)22-23-19(25)13-15-7-3-6-14-5-1-2-8-16(14)15/h1-9,12H,10-11,13H2,(H,21,26)(H,22,24)(H,23,25). The number of carbonyl (C=O) groups excluding carboxylic acids is 3. The minimum atomic E-state index is -0.402. The molecule has 0 atom stereocenters. The largest absolute Gasteiger partial charge is 0.459 e. The Morgan fingerprint density at radius 1 is 0.852 bits per heavy atom. The summed E-state index contributed by atoms with van der Waals surface area (Å²) in [7, 11) is 0. The lowest BCUT2D eigenvalue weighted by Crippen LogP contribution is -2.43. The van der Waals surface area contributed by atoms with E-state index in [0.29, 0.717) is 0 Å². The van der Waals surface area contributed by atoms with Gasteiger partial charge in [0, 0.05) is 13.0 Å². The second-order valence-corrected chi connectivity index (χ2v) is 5.89. The maximum absolute atomic E-state index is 12.1. The molecule has 3 amide bonds. The van der Waals surface area contributed by atoms with E-state index in [9.17, 15) is 14.4 Å². The highest BCUT2D eigenvalue weighted by Gasteiger charge is 2.10. The molecular formula is C20H19N3O4. The molecule has 3 aromatic rings. The van der Waals surface area contributed by atoms with Crippen molar-refractivity contribution in [2.75, 3.05) is 6.54 Å². The number of carbonyl (C=O) groups is 3. The van der Waals surface area contributed by atoms with Crippen LogP contribution >= 0.6 is 0 Å². The fraction of sp³-hybridized carbons (Fsp3) is 0.150. The highest BCUT2D eigenvalue weighted by atomic mass is 16.3. The predicted molar refractivity (Wildman–Crippen MR) is 99.6 cm³/mol. The summed E-state index contributed by atoms with van der Waals surface area (Å²) in [6.45, 7) is 0.130. The van der Waals surface area contributed by atoms with Gasteiger partial charge in [0.2, 0.25) is 11.8 Å². The summed E-state index contributed by atoms with van der Waals surface area (Å²) in [5.74, 6) is -0.938. The number of hydrazine groups is 1. The second kappa shape index (κ2) is 8.66. The van der Waals surface area contributed by atoms with Crippen LogP contribution in [-0.2, 0) is 16.0 Å². The first-order chi connectivity index (χ1) is 13.1. The molecule has 3 N–H and O–H groups in total. The van der Waals surface area contributed by atoms with Gasteiger partial charge in [-0.2, -0.15) is 0 Å². The predicted octanol–water partition coefficient (Wildman–Crippen LogP) is 1.94. The average Bonchev–Trinajstić information content (AvgIpc) is 3.21. The monoisotopic (exact) mass is 365 g/mol. The number of rotatable bonds is 6. The van der Waals surface area contributed by atoms with Crippen molar-refractivity contribution in [3.8, 4) is 0 Å². The summed E-state index contributed by atoms with van der Waals surface area (Å²) >= 11 is 0. The third kappa shape index (κ3) is 4.94. The fourth-order valence-electron chi connectivity index (χ4n) is 2.65. The number of fused-ring (bicyclic) bond motifs is 1. The van der Waals surface area contributed by atoms with Crippen LogP contribution in [0.15, 0.2) is 65.3 Å². The average molecular weight is 365 g/mol. The van der Waals surface area contributed by atoms with Gasteiger partial charge in [0.05, 0.1) is 12.7 Å². The molecule has 138 valence electrons. The van der Waals surface area contributed by atoms with Crippen LogP contribution in [-0.4, -0.2) is 24.3 Å². The summed E-state index contributed by atoms with van der Waals surface area (Å²) in [5.41, 5.74) is 5.62. The van der Waals surface area contributed by atoms with E-state index in [-0.39, 0.29) is 31.1 Å². The molecule has 0 aliphatic heterocycles. The molecule has 0 aliphatic carbocycles. The number of hydrogen-bond acceptors (Lipinski definition) is 4. The van der Waals surface area contributed by atoms with E-state index < -0.39 is 11.8 Å². The van der Waals surface area contributed by atoms with Crippen molar-refractivity contribution < 1.29 is 18.8 Å². The van der Waals surface area contributed by atoms with Gasteiger partial charge in [-0.3, -0.25) is 25.2 Å². The van der Waals surface area contributed by atoms with Crippen molar-refractivity contribution >= 4 is 28.5 Å². The first kappa shape index (κ1) is 18.2. The molecule has 3 rings (SSSR count). The lowest BCUT2D eigenvalue weighted by molar-refractivity contribution is -0.128. The Labute approximate surface area is 155 Å². The van der Waals surface area contributed by atoms with Crippen LogP contribution in [0.4, 0.5) is 0 Å². The Morgan fingerprint density at radius 3 is 2.44 bits per heavy atom. The molecular weight excluding hydrogens is 346 g/mol. The van der Waals surface area contributed by atoms with E-state index in [0.717, 1.165) is 16.3 Å². The molecule has 2 aromatic carbocycles. The molecule has 0 fully saturated rings. The minimum Gasteiger partial charge on any atom is -0.459 e. The lowest BCUT2D eigenvalue weighted by Gasteiger charge is -2.09. The Kier molecular flexibility index (Phi) is 5.84. The number of furan rings is 1. The molecule has 0 saturated heterocycles. The Bertz CT molecular complexity index is 946. The highest BCUT2D eigenvalue weighted by Crippen LogP contribution is 2.18. The Balaban J connectivity index is 1.42. The van der Waals surface area contributed by atoms with Crippen LogP contribution in [0.3, 0.4) is 0 Å². The summed E-state index contributed by atoms with van der Waals surface area (Å²) in [6.07, 6.45) is 1.57. The van der Waals surface area contributed by atoms with Gasteiger partial charge in [-0.25, -0.2) is 0 Å². The van der Waals surface area contributed by atoms with Crippen molar-refractivity contribution in [1.29, 1.82) is 0 Å². The van der Waals surface area contributed by atoms with E-state index in [4.69, 9.17) is 4.42 Å². The first-order valence-corrected chi connectivity index (χ1v) is 8.49. The number of amides is 3. The zero-order valence-corrected chi connectivity index (χ0v) is 14.5. The minimum absolute atomic E-state index is 0.0288. The van der Waals surface area contributed by atoms with Gasteiger partial charge in [-0.15, -0.1) is 0 Å². The van der Waals surface area contributed by atoms with E-state index in [1.807, 2.05) is 42.5 Å². The molecule has 0 aliphatic rings. The van der Waals surface area contributed by atoms with Gasteiger partial charge in [0.15, 0.2) is 5.76 Å². The third-order valence-electron chi connectivity index (χ3n) is 3.95. The van der Waals surface area contributed by atoms with E-state index in [1.54, 1.807) is 6.07 Å². The molecule has 7 nitrogen and oxygen atoms in total. The summed E-state index contributed by atoms with van der Waals surface area (Å²) in [5, 5.41) is 4.61. The smallest absolute Gasteiger partial charge is 0.286 e. The quantitative estimate of drug-likeness (QED) is 0.581. The van der Waals surface area contributed by atoms with Crippen LogP contribution in [0.2, 0.25) is 0 Å². The summed E-state index contributed by atoms with van der Waals surface area (Å²) in [6, 6.07) is 16.7. The van der Waals surface area contributed by atoms with Crippen LogP contribution < -0.4 is 16.2 Å². The van der Waals surface area contributed by atoms with Crippen LogP contribution in [0, 0.1) is 0 Å². The van der Waals surface area contributed by atoms with Gasteiger partial charge in [-0.1, -0.05) is 42.5 Å². The number of nitrogens with one attached hydrogen (secondary N) is 3. The summed E-state index contributed by atoms with van der Waals surface area (Å²) in [4.78, 5) is 35.5. The maximum Gasteiger partial charge on any atom is 0.286 e. The van der Waals surface area contributed by atoms with E-state index >= 15 is 0 Å². The topological polar surface area (TPSA) is 100 Å². The molecule has 0 radical (unpaired) electrons. The lowest BCUT2D eigenvalue weighted by atomic mass is 10.0. The number of benzene rings is 2. The molecule has 0 spiro atoms. The molecule has 0 bridgehead atoms. The van der Waals surface area contributed by atoms with Crippen LogP contribution in [0.5, 0.6) is 0 Å². The first-order valence-electron chi connectivity index (χ1n) is 8.49. The summed E-state index contributed by atoms with van der Waals surface area (Å²) < 4.78 is 4.95. The zero-order valence-electron chi connectivity index (χ0n) is 14.5. The fourth-order valence-corrected chi connectivity index (χ4v) is 2.65. The van der Waals surface area contributed by atoms with E-state index in [2.05, 4.69) is 16.2 Å². The molecule has 1 aromatic heterocycles. The van der Waals surface area contributed by atoms with Gasteiger partial charge < -0.3 is 9.73 Å². The van der Waals surface area contributed by atoms with Gasteiger partial charge >= 0.3 is 0 Å². The SMILES string of the molecule is O=C(CCNC(=O)c1ccco1)NNC(=O)Cc1cccc2ccccc12. The normalized spacial score (nSPS) is 10.4. The Hall–Kier alpha value is -3.61. The van der Waals surface area contributed by atoms with E-state index in [1.165, 1.54) is 12.3 Å². The second-order valence-electron chi connectivity index (χ2n) is 5.89. The molecule has 7 heteroatoms.